The minimum absolute atomic E-state index is 0.398. The van der Waals surface area contributed by atoms with Gasteiger partial charge in [-0.15, -0.1) is 0 Å². The summed E-state index contributed by atoms with van der Waals surface area (Å²) >= 11 is 0. The number of hydrogen-bond donors (Lipinski definition) is 2. The first-order chi connectivity index (χ1) is 9.63. The zero-order valence-corrected chi connectivity index (χ0v) is 11.1. The number of ketones is 1. The Morgan fingerprint density at radius 1 is 1.25 bits per heavy atom. The lowest BCUT2D eigenvalue weighted by molar-refractivity contribution is -0.120. The van der Waals surface area contributed by atoms with Crippen molar-refractivity contribution in [1.82, 2.24) is 0 Å². The largest absolute Gasteiger partial charge is 0.504 e. The van der Waals surface area contributed by atoms with Crippen molar-refractivity contribution in [1.29, 1.82) is 0 Å². The molecule has 2 rings (SSSR count). The number of aliphatic hydroxyl groups is 2. The van der Waals surface area contributed by atoms with E-state index in [1.807, 2.05) is 0 Å². The molecule has 4 nitrogen and oxygen atoms in total. The fourth-order valence-electron chi connectivity index (χ4n) is 1.97. The molecule has 104 valence electrons. The van der Waals surface area contributed by atoms with E-state index in [2.05, 4.69) is 0 Å². The van der Waals surface area contributed by atoms with Crippen molar-refractivity contribution in [2.45, 2.75) is 6.42 Å². The molecule has 20 heavy (non-hydrogen) atoms. The van der Waals surface area contributed by atoms with E-state index in [-0.39, 0.29) is 0 Å². The van der Waals surface area contributed by atoms with Crippen molar-refractivity contribution in [3.05, 3.63) is 65.6 Å². The van der Waals surface area contributed by atoms with Gasteiger partial charge in [-0.25, -0.2) is 0 Å². The summed E-state index contributed by atoms with van der Waals surface area (Å²) in [5.74, 6) is -1.32. The summed E-state index contributed by atoms with van der Waals surface area (Å²) in [6, 6.07) is 8.47. The topological polar surface area (TPSA) is 66.8 Å². The lowest BCUT2D eigenvalue weighted by Crippen LogP contribution is -2.17. The van der Waals surface area contributed by atoms with Crippen LogP contribution in [0, 0.1) is 5.92 Å². The van der Waals surface area contributed by atoms with Gasteiger partial charge in [0.2, 0.25) is 11.5 Å². The van der Waals surface area contributed by atoms with Gasteiger partial charge in [0.25, 0.3) is 0 Å². The maximum absolute atomic E-state index is 12.1. The molecule has 1 unspecified atom stereocenters. The van der Waals surface area contributed by atoms with Gasteiger partial charge in [-0.1, -0.05) is 36.4 Å². The van der Waals surface area contributed by atoms with Crippen molar-refractivity contribution < 1.29 is 19.7 Å². The molecule has 1 atom stereocenters. The average Bonchev–Trinajstić information content (AvgIpc) is 2.53. The van der Waals surface area contributed by atoms with Crippen LogP contribution in [0.15, 0.2) is 60.1 Å². The number of aliphatic hydroxyl groups excluding tert-OH is 2. The van der Waals surface area contributed by atoms with Crippen molar-refractivity contribution in [2.24, 2.45) is 5.92 Å². The summed E-state index contributed by atoms with van der Waals surface area (Å²) in [6.07, 6.45) is 5.55. The zero-order chi connectivity index (χ0) is 14.5. The maximum Gasteiger partial charge on any atom is 0.208 e. The van der Waals surface area contributed by atoms with E-state index in [0.717, 1.165) is 0 Å². The third-order valence-corrected chi connectivity index (χ3v) is 3.14. The monoisotopic (exact) mass is 272 g/mol. The highest BCUT2D eigenvalue weighted by Gasteiger charge is 2.24. The molecule has 1 aromatic rings. The van der Waals surface area contributed by atoms with Crippen LogP contribution in [0.25, 0.3) is 5.76 Å². The normalized spacial score (nSPS) is 19.1. The minimum Gasteiger partial charge on any atom is -0.504 e. The molecule has 0 radical (unpaired) electrons. The lowest BCUT2D eigenvalue weighted by Gasteiger charge is -2.14. The van der Waals surface area contributed by atoms with Crippen LogP contribution >= 0.6 is 0 Å². The maximum atomic E-state index is 12.1. The van der Waals surface area contributed by atoms with E-state index >= 15 is 0 Å². The number of Topliss-reactive ketones (excluding diaryl/α,β-unsaturated/α-hetero) is 1. The molecule has 1 aromatic carbocycles. The highest BCUT2D eigenvalue weighted by Crippen LogP contribution is 2.23. The van der Waals surface area contributed by atoms with Gasteiger partial charge in [0, 0.05) is 11.5 Å². The van der Waals surface area contributed by atoms with Gasteiger partial charge in [-0.05, 0) is 18.6 Å². The van der Waals surface area contributed by atoms with Crippen molar-refractivity contribution in [3.8, 4) is 0 Å². The molecule has 0 saturated carbocycles. The predicted octanol–water partition coefficient (Wildman–Crippen LogP) is 3.15. The fraction of sp³-hybridized carbons (Fsp3) is 0.188. The van der Waals surface area contributed by atoms with E-state index in [4.69, 9.17) is 4.74 Å². The van der Waals surface area contributed by atoms with Crippen LogP contribution in [0.1, 0.15) is 12.0 Å². The number of carbonyl (C=O) groups excluding carboxylic acids is 1. The molecule has 0 bridgehead atoms. The number of allylic oxidation sites excluding steroid dienone is 4. The van der Waals surface area contributed by atoms with Crippen LogP contribution in [-0.4, -0.2) is 23.1 Å². The second kappa shape index (κ2) is 6.10. The second-order valence-electron chi connectivity index (χ2n) is 4.44. The van der Waals surface area contributed by atoms with Gasteiger partial charge in [-0.2, -0.15) is 0 Å². The number of carbonyl (C=O) groups is 1. The zero-order valence-electron chi connectivity index (χ0n) is 11.1. The Kier molecular flexibility index (Phi) is 4.25. The van der Waals surface area contributed by atoms with E-state index in [9.17, 15) is 15.0 Å². The Labute approximate surface area is 117 Å². The summed E-state index contributed by atoms with van der Waals surface area (Å²) in [5, 5.41) is 19.8. The second-order valence-corrected chi connectivity index (χ2v) is 4.44. The van der Waals surface area contributed by atoms with Crippen LogP contribution in [0.2, 0.25) is 0 Å². The highest BCUT2D eigenvalue weighted by atomic mass is 16.5. The summed E-state index contributed by atoms with van der Waals surface area (Å²) in [4.78, 5) is 12.1. The smallest absolute Gasteiger partial charge is 0.208 e. The molecule has 0 heterocycles. The fourth-order valence-corrected chi connectivity index (χ4v) is 1.97. The van der Waals surface area contributed by atoms with Crippen molar-refractivity contribution in [2.75, 3.05) is 7.11 Å². The van der Waals surface area contributed by atoms with Crippen LogP contribution in [-0.2, 0) is 9.53 Å². The van der Waals surface area contributed by atoms with Crippen LogP contribution < -0.4 is 0 Å². The van der Waals surface area contributed by atoms with Crippen LogP contribution in [0.4, 0.5) is 0 Å². The Bertz CT molecular complexity index is 582. The molecule has 1 aliphatic rings. The quantitative estimate of drug-likeness (QED) is 0.652. The van der Waals surface area contributed by atoms with Gasteiger partial charge in [0.05, 0.1) is 7.11 Å². The summed E-state index contributed by atoms with van der Waals surface area (Å²) < 4.78 is 5.04. The van der Waals surface area contributed by atoms with Gasteiger partial charge in [0.1, 0.15) is 5.76 Å². The van der Waals surface area contributed by atoms with Gasteiger partial charge in [-0.3, -0.25) is 4.79 Å². The Hall–Kier alpha value is -2.49. The van der Waals surface area contributed by atoms with Crippen molar-refractivity contribution in [3.63, 3.8) is 0 Å². The first-order valence-corrected chi connectivity index (χ1v) is 6.27. The first kappa shape index (κ1) is 13.9. The first-order valence-electron chi connectivity index (χ1n) is 6.27. The van der Waals surface area contributed by atoms with E-state index in [1.165, 1.54) is 0 Å². The standard InChI is InChI=1S/C16H16O4/c1-20-13-9-7-12(8-10-13)15(18)16(19)14(17)11-5-3-2-4-6-11/h2-7,9-10,12,17,19H,8H2,1H3. The van der Waals surface area contributed by atoms with Gasteiger partial charge < -0.3 is 14.9 Å². The van der Waals surface area contributed by atoms with E-state index < -0.39 is 23.2 Å². The Balaban J connectivity index is 2.18. The molecule has 1 aliphatic carbocycles. The van der Waals surface area contributed by atoms with Gasteiger partial charge in [0.15, 0.2) is 5.76 Å². The predicted molar refractivity (Wildman–Crippen MR) is 76.0 cm³/mol. The SMILES string of the molecule is COC1=CCC(C(=O)C(O)=C(O)c2ccccc2)C=C1. The number of ether oxygens (including phenoxy) is 1. The molecular formula is C16H16O4. The molecule has 4 heteroatoms. The molecule has 0 aliphatic heterocycles. The number of benzene rings is 1. The molecule has 0 aromatic heterocycles. The average molecular weight is 272 g/mol. The lowest BCUT2D eigenvalue weighted by atomic mass is 9.93. The van der Waals surface area contributed by atoms with Gasteiger partial charge >= 0.3 is 0 Å². The third-order valence-electron chi connectivity index (χ3n) is 3.14. The van der Waals surface area contributed by atoms with E-state index in [1.54, 1.807) is 55.7 Å². The molecule has 2 N–H and O–H groups in total. The van der Waals surface area contributed by atoms with E-state index in [0.29, 0.717) is 17.7 Å². The summed E-state index contributed by atoms with van der Waals surface area (Å²) in [5.41, 5.74) is 0.409. The number of rotatable bonds is 4. The molecule has 0 fully saturated rings. The number of methoxy groups -OCH3 is 1. The Morgan fingerprint density at radius 3 is 2.50 bits per heavy atom. The highest BCUT2D eigenvalue weighted by molar-refractivity contribution is 6.01. The minimum atomic E-state index is -0.611. The Morgan fingerprint density at radius 2 is 1.95 bits per heavy atom. The van der Waals surface area contributed by atoms with Crippen LogP contribution in [0.3, 0.4) is 0 Å². The van der Waals surface area contributed by atoms with Crippen LogP contribution in [0.5, 0.6) is 0 Å². The summed E-state index contributed by atoms with van der Waals surface area (Å²) in [6.45, 7) is 0. The molecule has 0 saturated heterocycles. The third kappa shape index (κ3) is 2.91. The summed E-state index contributed by atoms with van der Waals surface area (Å²) in [7, 11) is 1.55. The molecule has 0 spiro atoms. The molecule has 0 amide bonds. The molecular weight excluding hydrogens is 256 g/mol. The van der Waals surface area contributed by atoms with Crippen molar-refractivity contribution >= 4 is 11.5 Å². The number of hydrogen-bond acceptors (Lipinski definition) is 4.